The lowest BCUT2D eigenvalue weighted by Gasteiger charge is -2.42. The maximum atomic E-state index is 12.6. The van der Waals surface area contributed by atoms with Gasteiger partial charge in [-0.25, -0.2) is 0 Å². The van der Waals surface area contributed by atoms with Crippen LogP contribution in [0.1, 0.15) is 155 Å². The number of aliphatic hydroxyl groups is 7. The summed E-state index contributed by atoms with van der Waals surface area (Å²) >= 11 is 0. The zero-order valence-electron chi connectivity index (χ0n) is 34.1. The minimum atomic E-state index is -1.75. The first-order chi connectivity index (χ1) is 27.0. The SMILES string of the molecule is CCCCCCCCCCCCCCCCCCCCCCCC(=O)OC(COC(C)=O)COC1OC(COC2OC(CO)C(O)C(O)C2O)C(O)C(O)C1O. The molecule has 2 heterocycles. The van der Waals surface area contributed by atoms with Gasteiger partial charge in [0.15, 0.2) is 18.7 Å². The van der Waals surface area contributed by atoms with Gasteiger partial charge in [0, 0.05) is 13.3 Å². The minimum absolute atomic E-state index is 0.167. The van der Waals surface area contributed by atoms with Crippen LogP contribution >= 0.6 is 0 Å². The number of ether oxygens (including phenoxy) is 6. The van der Waals surface area contributed by atoms with E-state index in [9.17, 15) is 45.3 Å². The van der Waals surface area contributed by atoms with Crippen LogP contribution in [0.25, 0.3) is 0 Å². The molecule has 0 aromatic heterocycles. The van der Waals surface area contributed by atoms with E-state index in [2.05, 4.69) is 6.92 Å². The smallest absolute Gasteiger partial charge is 0.306 e. The molecule has 11 atom stereocenters. The zero-order valence-corrected chi connectivity index (χ0v) is 34.1. The minimum Gasteiger partial charge on any atom is -0.462 e. The van der Waals surface area contributed by atoms with Crippen LogP contribution in [-0.4, -0.2) is 142 Å². The Hall–Kier alpha value is -1.50. The van der Waals surface area contributed by atoms with Gasteiger partial charge in [-0.05, 0) is 6.42 Å². The first-order valence-electron chi connectivity index (χ1n) is 21.6. The lowest BCUT2D eigenvalue weighted by molar-refractivity contribution is -0.332. The molecule has 0 aromatic rings. The highest BCUT2D eigenvalue weighted by Crippen LogP contribution is 2.26. The van der Waals surface area contributed by atoms with Crippen molar-refractivity contribution in [1.82, 2.24) is 0 Å². The Morgan fingerprint density at radius 1 is 0.536 bits per heavy atom. The number of carbonyl (C=O) groups is 2. The van der Waals surface area contributed by atoms with Gasteiger partial charge in [0.1, 0.15) is 55.4 Å². The molecule has 0 saturated carbocycles. The first kappa shape index (κ1) is 50.6. The monoisotopic (exact) mass is 809 g/mol. The summed E-state index contributed by atoms with van der Waals surface area (Å²) in [5.41, 5.74) is 0. The molecule has 7 N–H and O–H groups in total. The molecule has 2 rings (SSSR count). The fourth-order valence-corrected chi connectivity index (χ4v) is 7.06. The van der Waals surface area contributed by atoms with Crippen LogP contribution in [0.3, 0.4) is 0 Å². The molecule has 2 saturated heterocycles. The third-order valence-corrected chi connectivity index (χ3v) is 10.6. The van der Waals surface area contributed by atoms with Crippen molar-refractivity contribution >= 4 is 11.9 Å². The zero-order chi connectivity index (χ0) is 41.1. The number of rotatable bonds is 32. The largest absolute Gasteiger partial charge is 0.462 e. The molecule has 11 unspecified atom stereocenters. The van der Waals surface area contributed by atoms with Gasteiger partial charge in [-0.1, -0.05) is 135 Å². The molecular weight excluding hydrogens is 732 g/mol. The second-order valence-electron chi connectivity index (χ2n) is 15.6. The van der Waals surface area contributed by atoms with Crippen molar-refractivity contribution in [2.45, 2.75) is 223 Å². The molecule has 0 spiro atoms. The molecule has 0 aliphatic carbocycles. The van der Waals surface area contributed by atoms with Crippen molar-refractivity contribution in [3.63, 3.8) is 0 Å². The van der Waals surface area contributed by atoms with Crippen LogP contribution in [0.4, 0.5) is 0 Å². The number of hydrogen-bond donors (Lipinski definition) is 7. The van der Waals surface area contributed by atoms with Gasteiger partial charge in [-0.3, -0.25) is 9.59 Å². The van der Waals surface area contributed by atoms with Gasteiger partial charge < -0.3 is 64.2 Å². The lowest BCUT2D eigenvalue weighted by Crippen LogP contribution is -2.61. The van der Waals surface area contributed by atoms with Crippen LogP contribution in [0.5, 0.6) is 0 Å². The molecular formula is C41H76O15. The van der Waals surface area contributed by atoms with Crippen molar-refractivity contribution in [2.75, 3.05) is 26.4 Å². The Morgan fingerprint density at radius 3 is 1.39 bits per heavy atom. The van der Waals surface area contributed by atoms with Gasteiger partial charge in [0.05, 0.1) is 19.8 Å². The van der Waals surface area contributed by atoms with Gasteiger partial charge in [0.25, 0.3) is 0 Å². The van der Waals surface area contributed by atoms with Crippen molar-refractivity contribution < 1.29 is 73.8 Å². The fourth-order valence-electron chi connectivity index (χ4n) is 7.06. The summed E-state index contributed by atoms with van der Waals surface area (Å²) in [6, 6.07) is 0. The predicted octanol–water partition coefficient (Wildman–Crippen LogP) is 3.70. The Bertz CT molecular complexity index is 1000. The molecule has 2 aliphatic rings. The topological polar surface area (TPSA) is 231 Å². The molecule has 0 amide bonds. The Labute approximate surface area is 334 Å². The highest BCUT2D eigenvalue weighted by molar-refractivity contribution is 5.69. The summed E-state index contributed by atoms with van der Waals surface area (Å²) in [7, 11) is 0. The molecule has 15 heteroatoms. The average molecular weight is 809 g/mol. The van der Waals surface area contributed by atoms with E-state index in [0.717, 1.165) is 19.3 Å². The summed E-state index contributed by atoms with van der Waals surface area (Å²) in [4.78, 5) is 24.1. The number of carbonyl (C=O) groups excluding carboxylic acids is 2. The van der Waals surface area contributed by atoms with Crippen molar-refractivity contribution in [3.8, 4) is 0 Å². The number of esters is 2. The van der Waals surface area contributed by atoms with Crippen LogP contribution in [0, 0.1) is 0 Å². The molecule has 2 fully saturated rings. The summed E-state index contributed by atoms with van der Waals surface area (Å²) in [6.45, 7) is 1.55. The van der Waals surface area contributed by atoms with Gasteiger partial charge >= 0.3 is 11.9 Å². The highest BCUT2D eigenvalue weighted by atomic mass is 16.7. The van der Waals surface area contributed by atoms with E-state index in [-0.39, 0.29) is 19.6 Å². The van der Waals surface area contributed by atoms with Crippen LogP contribution in [0.15, 0.2) is 0 Å². The Morgan fingerprint density at radius 2 is 0.946 bits per heavy atom. The highest BCUT2D eigenvalue weighted by Gasteiger charge is 2.47. The number of hydrogen-bond acceptors (Lipinski definition) is 15. The summed E-state index contributed by atoms with van der Waals surface area (Å²) in [5.74, 6) is -1.11. The normalized spacial score (nSPS) is 28.6. The van der Waals surface area contributed by atoms with E-state index in [1.54, 1.807) is 0 Å². The molecule has 330 valence electrons. The Kier molecular flexibility index (Phi) is 27.6. The molecule has 56 heavy (non-hydrogen) atoms. The van der Waals surface area contributed by atoms with E-state index < -0.39 is 92.7 Å². The van der Waals surface area contributed by atoms with E-state index in [0.29, 0.717) is 6.42 Å². The standard InChI is InChI=1S/C41H76O15/c1-3-4-5-6-7-8-9-10-11-12-13-14-15-16-17-18-19-20-21-22-23-24-33(44)54-30(26-51-29(2)43)27-52-40-39(50)37(48)35(46)32(56-40)28-53-41-38(49)36(47)34(45)31(25-42)55-41/h30-32,34-42,45-50H,3-28H2,1-2H3. The first-order valence-corrected chi connectivity index (χ1v) is 21.6. The second kappa shape index (κ2) is 30.5. The maximum Gasteiger partial charge on any atom is 0.306 e. The molecule has 0 bridgehead atoms. The van der Waals surface area contributed by atoms with Crippen molar-refractivity contribution in [3.05, 3.63) is 0 Å². The van der Waals surface area contributed by atoms with Gasteiger partial charge in [-0.2, -0.15) is 0 Å². The fraction of sp³-hybridized carbons (Fsp3) is 0.951. The maximum absolute atomic E-state index is 12.6. The number of aliphatic hydroxyl groups excluding tert-OH is 7. The second-order valence-corrected chi connectivity index (χ2v) is 15.6. The van der Waals surface area contributed by atoms with Crippen molar-refractivity contribution in [1.29, 1.82) is 0 Å². The van der Waals surface area contributed by atoms with Crippen molar-refractivity contribution in [2.24, 2.45) is 0 Å². The molecule has 0 radical (unpaired) electrons. The lowest BCUT2D eigenvalue weighted by atomic mass is 9.98. The third-order valence-electron chi connectivity index (χ3n) is 10.6. The predicted molar refractivity (Wildman–Crippen MR) is 206 cm³/mol. The van der Waals surface area contributed by atoms with Crippen LogP contribution in [-0.2, 0) is 38.0 Å². The Balaban J connectivity index is 1.60. The third kappa shape index (κ3) is 20.5. The quantitative estimate of drug-likeness (QED) is 0.0380. The van der Waals surface area contributed by atoms with E-state index >= 15 is 0 Å². The van der Waals surface area contributed by atoms with E-state index in [1.807, 2.05) is 0 Å². The van der Waals surface area contributed by atoms with Gasteiger partial charge in [-0.15, -0.1) is 0 Å². The molecule has 15 nitrogen and oxygen atoms in total. The van der Waals surface area contributed by atoms with E-state index in [4.69, 9.17) is 28.4 Å². The summed E-state index contributed by atoms with van der Waals surface area (Å²) in [5, 5.41) is 71.0. The van der Waals surface area contributed by atoms with Gasteiger partial charge in [0.2, 0.25) is 0 Å². The van der Waals surface area contributed by atoms with Crippen LogP contribution in [0.2, 0.25) is 0 Å². The van der Waals surface area contributed by atoms with E-state index in [1.165, 1.54) is 116 Å². The summed E-state index contributed by atoms with van der Waals surface area (Å²) in [6.07, 6.45) is 9.92. The molecule has 2 aliphatic heterocycles. The molecule has 0 aromatic carbocycles. The average Bonchev–Trinajstić information content (AvgIpc) is 3.18. The summed E-state index contributed by atoms with van der Waals surface area (Å²) < 4.78 is 32.5. The number of unbranched alkanes of at least 4 members (excludes halogenated alkanes) is 20. The van der Waals surface area contributed by atoms with Crippen LogP contribution < -0.4 is 0 Å².